The van der Waals surface area contributed by atoms with Crippen LogP contribution in [-0.2, 0) is 11.2 Å². The Morgan fingerprint density at radius 3 is 2.33 bits per heavy atom. The van der Waals surface area contributed by atoms with Crippen LogP contribution in [0.2, 0.25) is 0 Å². The first-order chi connectivity index (χ1) is 7.15. The number of benzene rings is 1. The van der Waals surface area contributed by atoms with Crippen LogP contribution in [0.5, 0.6) is 0 Å². The second-order valence-electron chi connectivity index (χ2n) is 4.59. The third-order valence-corrected chi connectivity index (χ3v) is 3.27. The molecule has 2 nitrogen and oxygen atoms in total. The van der Waals surface area contributed by atoms with Gasteiger partial charge >= 0.3 is 0 Å². The first-order valence-corrected chi connectivity index (χ1v) is 5.55. The fraction of sp³-hybridized carbons (Fsp3) is 0.538. The van der Waals surface area contributed by atoms with E-state index in [1.807, 2.05) is 14.0 Å². The van der Waals surface area contributed by atoms with Gasteiger partial charge in [0.25, 0.3) is 0 Å². The van der Waals surface area contributed by atoms with E-state index in [2.05, 4.69) is 24.3 Å². The van der Waals surface area contributed by atoms with Crippen molar-refractivity contribution in [1.82, 2.24) is 0 Å². The molecule has 1 aliphatic carbocycles. The van der Waals surface area contributed by atoms with Gasteiger partial charge in [-0.25, -0.2) is 0 Å². The number of methoxy groups -OCH3 is 1. The van der Waals surface area contributed by atoms with Gasteiger partial charge in [0.05, 0.1) is 5.60 Å². The molecule has 1 atom stereocenters. The van der Waals surface area contributed by atoms with Crippen LogP contribution < -0.4 is 5.73 Å². The van der Waals surface area contributed by atoms with Crippen LogP contribution >= 0.6 is 0 Å². The Labute approximate surface area is 91.4 Å². The SMILES string of the molecule is COC1(Cc2ccc(C(C)N)cc2)CC1. The summed E-state index contributed by atoms with van der Waals surface area (Å²) in [6.45, 7) is 2.01. The number of ether oxygens (including phenoxy) is 1. The molecule has 0 radical (unpaired) electrons. The molecule has 0 aliphatic heterocycles. The number of rotatable bonds is 4. The van der Waals surface area contributed by atoms with Crippen molar-refractivity contribution >= 4 is 0 Å². The van der Waals surface area contributed by atoms with Crippen LogP contribution in [-0.4, -0.2) is 12.7 Å². The zero-order valence-corrected chi connectivity index (χ0v) is 9.49. The van der Waals surface area contributed by atoms with E-state index in [1.54, 1.807) is 0 Å². The molecule has 1 unspecified atom stereocenters. The monoisotopic (exact) mass is 205 g/mol. The minimum absolute atomic E-state index is 0.122. The Kier molecular flexibility index (Phi) is 2.81. The minimum atomic E-state index is 0.122. The fourth-order valence-electron chi connectivity index (χ4n) is 1.90. The highest BCUT2D eigenvalue weighted by Gasteiger charge is 2.42. The largest absolute Gasteiger partial charge is 0.378 e. The second kappa shape index (κ2) is 3.95. The van der Waals surface area contributed by atoms with E-state index in [0.29, 0.717) is 0 Å². The van der Waals surface area contributed by atoms with Crippen molar-refractivity contribution < 1.29 is 4.74 Å². The lowest BCUT2D eigenvalue weighted by molar-refractivity contribution is 0.0807. The van der Waals surface area contributed by atoms with Crippen molar-refractivity contribution in [3.05, 3.63) is 35.4 Å². The molecule has 0 heterocycles. The van der Waals surface area contributed by atoms with E-state index >= 15 is 0 Å². The van der Waals surface area contributed by atoms with Crippen LogP contribution in [0, 0.1) is 0 Å². The van der Waals surface area contributed by atoms with Crippen molar-refractivity contribution in [2.45, 2.75) is 37.8 Å². The summed E-state index contributed by atoms with van der Waals surface area (Å²) in [6.07, 6.45) is 3.42. The van der Waals surface area contributed by atoms with Crippen molar-refractivity contribution in [3.8, 4) is 0 Å². The molecule has 0 bridgehead atoms. The highest BCUT2D eigenvalue weighted by Crippen LogP contribution is 2.41. The van der Waals surface area contributed by atoms with Gasteiger partial charge in [0, 0.05) is 19.6 Å². The maximum Gasteiger partial charge on any atom is 0.0721 e. The minimum Gasteiger partial charge on any atom is -0.378 e. The van der Waals surface area contributed by atoms with Gasteiger partial charge in [0.1, 0.15) is 0 Å². The second-order valence-corrected chi connectivity index (χ2v) is 4.59. The van der Waals surface area contributed by atoms with Gasteiger partial charge in [0.15, 0.2) is 0 Å². The summed E-state index contributed by atoms with van der Waals surface area (Å²) in [5.74, 6) is 0. The molecule has 0 amide bonds. The Morgan fingerprint density at radius 2 is 1.93 bits per heavy atom. The third-order valence-electron chi connectivity index (χ3n) is 3.27. The van der Waals surface area contributed by atoms with Gasteiger partial charge < -0.3 is 10.5 Å². The molecule has 0 saturated heterocycles. The standard InChI is InChI=1S/C13H19NO/c1-10(14)12-5-3-11(4-6-12)9-13(15-2)7-8-13/h3-6,10H,7-9,14H2,1-2H3. The van der Waals surface area contributed by atoms with Crippen molar-refractivity contribution in [2.75, 3.05) is 7.11 Å². The average Bonchev–Trinajstić information content (AvgIpc) is 2.99. The highest BCUT2D eigenvalue weighted by atomic mass is 16.5. The van der Waals surface area contributed by atoms with E-state index in [0.717, 1.165) is 6.42 Å². The van der Waals surface area contributed by atoms with E-state index in [4.69, 9.17) is 10.5 Å². The van der Waals surface area contributed by atoms with Crippen LogP contribution in [0.15, 0.2) is 24.3 Å². The van der Waals surface area contributed by atoms with Crippen molar-refractivity contribution in [1.29, 1.82) is 0 Å². The molecule has 1 aliphatic rings. The molecule has 1 saturated carbocycles. The van der Waals surface area contributed by atoms with Gasteiger partial charge in [-0.05, 0) is 30.9 Å². The van der Waals surface area contributed by atoms with Gasteiger partial charge in [0.2, 0.25) is 0 Å². The van der Waals surface area contributed by atoms with Crippen molar-refractivity contribution in [3.63, 3.8) is 0 Å². The molecule has 1 fully saturated rings. The van der Waals surface area contributed by atoms with Crippen molar-refractivity contribution in [2.24, 2.45) is 5.73 Å². The zero-order valence-electron chi connectivity index (χ0n) is 9.49. The average molecular weight is 205 g/mol. The van der Waals surface area contributed by atoms with Gasteiger partial charge in [-0.3, -0.25) is 0 Å². The molecule has 2 rings (SSSR count). The molecular formula is C13H19NO. The van der Waals surface area contributed by atoms with E-state index in [1.165, 1.54) is 24.0 Å². The van der Waals surface area contributed by atoms with Gasteiger partial charge in [-0.15, -0.1) is 0 Å². The number of hydrogen-bond donors (Lipinski definition) is 1. The first-order valence-electron chi connectivity index (χ1n) is 5.55. The fourth-order valence-corrected chi connectivity index (χ4v) is 1.90. The maximum absolute atomic E-state index is 5.80. The Balaban J connectivity index is 2.04. The number of hydrogen-bond acceptors (Lipinski definition) is 2. The molecule has 82 valence electrons. The summed E-state index contributed by atoms with van der Waals surface area (Å²) in [5.41, 5.74) is 8.49. The van der Waals surface area contributed by atoms with Crippen LogP contribution in [0.1, 0.15) is 36.9 Å². The molecule has 0 spiro atoms. The molecule has 2 N–H and O–H groups in total. The van der Waals surface area contributed by atoms with Crippen LogP contribution in [0.4, 0.5) is 0 Å². The smallest absolute Gasteiger partial charge is 0.0721 e. The molecular weight excluding hydrogens is 186 g/mol. The van der Waals surface area contributed by atoms with E-state index in [9.17, 15) is 0 Å². The van der Waals surface area contributed by atoms with Crippen LogP contribution in [0.3, 0.4) is 0 Å². The summed E-state index contributed by atoms with van der Waals surface area (Å²) in [6, 6.07) is 8.68. The Morgan fingerprint density at radius 1 is 1.33 bits per heavy atom. The van der Waals surface area contributed by atoms with Gasteiger partial charge in [-0.1, -0.05) is 24.3 Å². The first kappa shape index (κ1) is 10.7. The highest BCUT2D eigenvalue weighted by molar-refractivity contribution is 5.26. The summed E-state index contributed by atoms with van der Waals surface area (Å²) in [4.78, 5) is 0. The molecule has 15 heavy (non-hydrogen) atoms. The zero-order chi connectivity index (χ0) is 10.9. The predicted molar refractivity (Wildman–Crippen MR) is 61.7 cm³/mol. The molecule has 1 aromatic carbocycles. The molecule has 2 heteroatoms. The number of nitrogens with two attached hydrogens (primary N) is 1. The Bertz CT molecular complexity index is 325. The van der Waals surface area contributed by atoms with Gasteiger partial charge in [-0.2, -0.15) is 0 Å². The summed E-state index contributed by atoms with van der Waals surface area (Å²) >= 11 is 0. The lowest BCUT2D eigenvalue weighted by Gasteiger charge is -2.13. The van der Waals surface area contributed by atoms with E-state index in [-0.39, 0.29) is 11.6 Å². The lowest BCUT2D eigenvalue weighted by atomic mass is 10.0. The summed E-state index contributed by atoms with van der Waals surface area (Å²) in [7, 11) is 1.81. The van der Waals surface area contributed by atoms with E-state index < -0.39 is 0 Å². The summed E-state index contributed by atoms with van der Waals surface area (Å²) in [5, 5.41) is 0. The predicted octanol–water partition coefficient (Wildman–Crippen LogP) is 2.43. The van der Waals surface area contributed by atoms with Crippen LogP contribution in [0.25, 0.3) is 0 Å². The Hall–Kier alpha value is -0.860. The topological polar surface area (TPSA) is 35.2 Å². The summed E-state index contributed by atoms with van der Waals surface area (Å²) < 4.78 is 5.51. The third kappa shape index (κ3) is 2.39. The lowest BCUT2D eigenvalue weighted by Crippen LogP contribution is -2.15. The molecule has 0 aromatic heterocycles. The quantitative estimate of drug-likeness (QED) is 0.819. The molecule has 1 aromatic rings. The normalized spacial score (nSPS) is 19.9. The maximum atomic E-state index is 5.80.